The van der Waals surface area contributed by atoms with Gasteiger partial charge in [-0.15, -0.1) is 0 Å². The second-order valence-corrected chi connectivity index (χ2v) is 4.75. The Labute approximate surface area is 117 Å². The van der Waals surface area contributed by atoms with E-state index in [1.165, 1.54) is 0 Å². The molecule has 2 N–H and O–H groups in total. The van der Waals surface area contributed by atoms with E-state index in [4.69, 9.17) is 5.41 Å². The Morgan fingerprint density at radius 1 is 1.00 bits per heavy atom. The van der Waals surface area contributed by atoms with Crippen molar-refractivity contribution >= 4 is 22.3 Å². The Morgan fingerprint density at radius 2 is 1.80 bits per heavy atom. The van der Waals surface area contributed by atoms with Crippen molar-refractivity contribution in [2.75, 3.05) is 5.32 Å². The minimum Gasteiger partial charge on any atom is -0.344 e. The van der Waals surface area contributed by atoms with E-state index in [9.17, 15) is 0 Å². The maximum atomic E-state index is 7.49. The first-order valence-electron chi connectivity index (χ1n) is 6.50. The Kier molecular flexibility index (Phi) is 3.17. The van der Waals surface area contributed by atoms with Crippen molar-refractivity contribution in [2.24, 2.45) is 0 Å². The van der Waals surface area contributed by atoms with Gasteiger partial charge in [-0.25, -0.2) is 0 Å². The zero-order valence-electron chi connectivity index (χ0n) is 11.2. The first-order chi connectivity index (χ1) is 9.72. The van der Waals surface area contributed by atoms with E-state index in [2.05, 4.69) is 28.5 Å². The second kappa shape index (κ2) is 5.13. The van der Waals surface area contributed by atoms with Crippen molar-refractivity contribution < 1.29 is 0 Å². The Bertz CT molecular complexity index is 764. The first kappa shape index (κ1) is 12.4. The van der Waals surface area contributed by atoms with Crippen molar-refractivity contribution in [3.8, 4) is 11.3 Å². The molecule has 20 heavy (non-hydrogen) atoms. The van der Waals surface area contributed by atoms with Crippen LogP contribution in [0, 0.1) is 5.41 Å². The highest BCUT2D eigenvalue weighted by Gasteiger charge is 2.02. The number of hydrogen-bond acceptors (Lipinski definition) is 2. The number of hydrogen-bond donors (Lipinski definition) is 2. The summed E-state index contributed by atoms with van der Waals surface area (Å²) in [5.41, 5.74) is 2.99. The summed E-state index contributed by atoms with van der Waals surface area (Å²) in [6.45, 7) is 1.73. The van der Waals surface area contributed by atoms with Crippen LogP contribution in [0.5, 0.6) is 0 Å². The summed E-state index contributed by atoms with van der Waals surface area (Å²) in [5.74, 6) is 0.432. The lowest BCUT2D eigenvalue weighted by atomic mass is 10.1. The Balaban J connectivity index is 2.07. The topological polar surface area (TPSA) is 48.8 Å². The van der Waals surface area contributed by atoms with Crippen LogP contribution in [0.1, 0.15) is 6.92 Å². The van der Waals surface area contributed by atoms with Crippen LogP contribution in [-0.4, -0.2) is 10.8 Å². The molecule has 0 saturated carbocycles. The standard InChI is InChI=1S/C17H15N3/c1-12(18)20-16-8-7-14-11-19-17(10-15(14)9-16)13-5-3-2-4-6-13/h2-11H,1H3,(H2,18,20). The number of fused-ring (bicyclic) bond motifs is 1. The van der Waals surface area contributed by atoms with Crippen LogP contribution >= 0.6 is 0 Å². The quantitative estimate of drug-likeness (QED) is 0.533. The van der Waals surface area contributed by atoms with Gasteiger partial charge < -0.3 is 5.32 Å². The third-order valence-electron chi connectivity index (χ3n) is 3.12. The van der Waals surface area contributed by atoms with Crippen LogP contribution in [-0.2, 0) is 0 Å². The van der Waals surface area contributed by atoms with Gasteiger partial charge in [0, 0.05) is 22.8 Å². The van der Waals surface area contributed by atoms with Gasteiger partial charge in [-0.1, -0.05) is 36.4 Å². The number of rotatable bonds is 2. The number of pyridine rings is 1. The van der Waals surface area contributed by atoms with E-state index in [-0.39, 0.29) is 0 Å². The van der Waals surface area contributed by atoms with Crippen LogP contribution in [0.25, 0.3) is 22.0 Å². The van der Waals surface area contributed by atoms with Crippen LogP contribution < -0.4 is 5.32 Å². The third-order valence-corrected chi connectivity index (χ3v) is 3.12. The van der Waals surface area contributed by atoms with Gasteiger partial charge in [-0.2, -0.15) is 0 Å². The van der Waals surface area contributed by atoms with Gasteiger partial charge >= 0.3 is 0 Å². The molecule has 0 fully saturated rings. The van der Waals surface area contributed by atoms with Crippen molar-refractivity contribution in [3.05, 3.63) is 60.8 Å². The Hall–Kier alpha value is -2.68. The van der Waals surface area contributed by atoms with Gasteiger partial charge in [0.1, 0.15) is 0 Å². The lowest BCUT2D eigenvalue weighted by Gasteiger charge is -2.07. The summed E-state index contributed by atoms with van der Waals surface area (Å²) in [6, 6.07) is 18.2. The third kappa shape index (κ3) is 2.52. The lowest BCUT2D eigenvalue weighted by molar-refractivity contribution is 1.36. The lowest BCUT2D eigenvalue weighted by Crippen LogP contribution is -2.04. The van der Waals surface area contributed by atoms with Gasteiger partial charge in [0.25, 0.3) is 0 Å². The molecule has 0 bridgehead atoms. The molecule has 1 aromatic heterocycles. The van der Waals surface area contributed by atoms with Gasteiger partial charge in [0.15, 0.2) is 0 Å². The molecule has 1 heterocycles. The van der Waals surface area contributed by atoms with E-state index in [1.54, 1.807) is 6.92 Å². The van der Waals surface area contributed by atoms with Crippen LogP contribution in [0.15, 0.2) is 60.8 Å². The fraction of sp³-hybridized carbons (Fsp3) is 0.0588. The zero-order valence-corrected chi connectivity index (χ0v) is 11.2. The maximum absolute atomic E-state index is 7.49. The normalized spacial score (nSPS) is 10.4. The van der Waals surface area contributed by atoms with E-state index in [1.807, 2.05) is 42.6 Å². The Morgan fingerprint density at radius 3 is 2.55 bits per heavy atom. The average Bonchev–Trinajstić information content (AvgIpc) is 2.47. The molecule has 0 spiro atoms. The number of aromatic nitrogens is 1. The predicted octanol–water partition coefficient (Wildman–Crippen LogP) is 4.31. The van der Waals surface area contributed by atoms with Gasteiger partial charge in [-0.3, -0.25) is 10.4 Å². The summed E-state index contributed by atoms with van der Waals surface area (Å²) < 4.78 is 0. The van der Waals surface area contributed by atoms with Crippen LogP contribution in [0.4, 0.5) is 5.69 Å². The fourth-order valence-corrected chi connectivity index (χ4v) is 2.20. The summed E-state index contributed by atoms with van der Waals surface area (Å²) in [5, 5.41) is 12.7. The number of amidine groups is 1. The number of benzene rings is 2. The van der Waals surface area contributed by atoms with Gasteiger partial charge in [0.2, 0.25) is 0 Å². The van der Waals surface area contributed by atoms with Gasteiger partial charge in [0.05, 0.1) is 11.5 Å². The van der Waals surface area contributed by atoms with Crippen LogP contribution in [0.3, 0.4) is 0 Å². The molecule has 0 unspecified atom stereocenters. The minimum atomic E-state index is 0.432. The van der Waals surface area contributed by atoms with E-state index in [0.717, 1.165) is 27.7 Å². The molecule has 0 aliphatic heterocycles. The van der Waals surface area contributed by atoms with E-state index < -0.39 is 0 Å². The molecule has 3 rings (SSSR count). The molecule has 0 radical (unpaired) electrons. The number of anilines is 1. The molecule has 98 valence electrons. The molecule has 3 aromatic rings. The summed E-state index contributed by atoms with van der Waals surface area (Å²) in [4.78, 5) is 4.51. The number of nitrogens with zero attached hydrogens (tertiary/aromatic N) is 1. The summed E-state index contributed by atoms with van der Waals surface area (Å²) >= 11 is 0. The molecular formula is C17H15N3. The van der Waals surface area contributed by atoms with Crippen molar-refractivity contribution in [2.45, 2.75) is 6.92 Å². The highest BCUT2D eigenvalue weighted by Crippen LogP contribution is 2.24. The monoisotopic (exact) mass is 261 g/mol. The molecule has 3 heteroatoms. The molecule has 0 atom stereocenters. The molecule has 0 aliphatic rings. The fourth-order valence-electron chi connectivity index (χ4n) is 2.20. The minimum absolute atomic E-state index is 0.432. The molecule has 0 amide bonds. The molecule has 3 nitrogen and oxygen atoms in total. The van der Waals surface area contributed by atoms with E-state index >= 15 is 0 Å². The first-order valence-corrected chi connectivity index (χ1v) is 6.50. The van der Waals surface area contributed by atoms with Crippen LogP contribution in [0.2, 0.25) is 0 Å². The largest absolute Gasteiger partial charge is 0.344 e. The smallest absolute Gasteiger partial charge is 0.0944 e. The van der Waals surface area contributed by atoms with Gasteiger partial charge in [-0.05, 0) is 30.5 Å². The number of nitrogens with one attached hydrogen (secondary N) is 2. The molecule has 0 aliphatic carbocycles. The SMILES string of the molecule is CC(=N)Nc1ccc2cnc(-c3ccccc3)cc2c1. The predicted molar refractivity (Wildman–Crippen MR) is 84.2 cm³/mol. The summed E-state index contributed by atoms with van der Waals surface area (Å²) in [7, 11) is 0. The molecule has 0 saturated heterocycles. The highest BCUT2D eigenvalue weighted by molar-refractivity contribution is 5.95. The second-order valence-electron chi connectivity index (χ2n) is 4.75. The molecular weight excluding hydrogens is 246 g/mol. The maximum Gasteiger partial charge on any atom is 0.0944 e. The van der Waals surface area contributed by atoms with Crippen molar-refractivity contribution in [1.82, 2.24) is 4.98 Å². The zero-order chi connectivity index (χ0) is 13.9. The van der Waals surface area contributed by atoms with Crippen molar-refractivity contribution in [1.29, 1.82) is 5.41 Å². The molecule has 2 aromatic carbocycles. The highest BCUT2D eigenvalue weighted by atomic mass is 14.9. The average molecular weight is 261 g/mol. The van der Waals surface area contributed by atoms with Crippen molar-refractivity contribution in [3.63, 3.8) is 0 Å². The van der Waals surface area contributed by atoms with E-state index in [0.29, 0.717) is 5.84 Å². The summed E-state index contributed by atoms with van der Waals surface area (Å²) in [6.07, 6.45) is 1.89.